The largest absolute Gasteiger partial charge is 0.489 e. The van der Waals surface area contributed by atoms with Gasteiger partial charge in [0.25, 0.3) is 0 Å². The van der Waals surface area contributed by atoms with Crippen LogP contribution in [0.4, 0.5) is 10.1 Å². The van der Waals surface area contributed by atoms with Gasteiger partial charge in [-0.25, -0.2) is 9.18 Å². The van der Waals surface area contributed by atoms with Crippen LogP contribution in [0.1, 0.15) is 29.3 Å². The van der Waals surface area contributed by atoms with Crippen molar-refractivity contribution in [1.82, 2.24) is 0 Å². The Labute approximate surface area is 146 Å². The molecule has 0 saturated carbocycles. The molecule has 0 aliphatic rings. The molecule has 2 aromatic carbocycles. The number of carbonyl (C=O) groups excluding carboxylic acids is 1. The fourth-order valence-corrected chi connectivity index (χ4v) is 2.18. The minimum atomic E-state index is -1.18. The molecule has 0 spiro atoms. The summed E-state index contributed by atoms with van der Waals surface area (Å²) in [7, 11) is 0. The number of carboxylic acids is 1. The lowest BCUT2D eigenvalue weighted by atomic mass is 10.1. The topological polar surface area (TPSA) is 75.6 Å². The number of ether oxygens (including phenoxy) is 1. The second kappa shape index (κ2) is 7.92. The number of hydrogen-bond donors (Lipinski definition) is 2. The summed E-state index contributed by atoms with van der Waals surface area (Å²) in [5.41, 5.74) is 0.739. The number of carbonyl (C=O) groups is 2. The summed E-state index contributed by atoms with van der Waals surface area (Å²) in [5.74, 6) is -1.55. The van der Waals surface area contributed by atoms with E-state index in [1.165, 1.54) is 18.2 Å². The van der Waals surface area contributed by atoms with E-state index < -0.39 is 11.8 Å². The number of carboxylic acid groups (broad SMARTS) is 1. The van der Waals surface area contributed by atoms with Crippen molar-refractivity contribution in [2.75, 3.05) is 5.32 Å². The van der Waals surface area contributed by atoms with Gasteiger partial charge in [0.15, 0.2) is 0 Å². The summed E-state index contributed by atoms with van der Waals surface area (Å²) in [4.78, 5) is 22.8. The molecule has 0 aliphatic heterocycles. The SMILES string of the molecule is CCC(=O)Nc1ccc(OCc2ccc(Br)c(F)c2)cc1C(=O)O. The summed E-state index contributed by atoms with van der Waals surface area (Å²) in [6.07, 6.45) is 0.243. The molecule has 5 nitrogen and oxygen atoms in total. The normalized spacial score (nSPS) is 10.3. The molecule has 0 heterocycles. The van der Waals surface area contributed by atoms with Crippen molar-refractivity contribution >= 4 is 33.5 Å². The third-order valence-corrected chi connectivity index (χ3v) is 3.85. The minimum Gasteiger partial charge on any atom is -0.489 e. The van der Waals surface area contributed by atoms with Crippen molar-refractivity contribution in [2.24, 2.45) is 0 Å². The van der Waals surface area contributed by atoms with Crippen LogP contribution in [0.15, 0.2) is 40.9 Å². The Kier molecular flexibility index (Phi) is 5.92. The highest BCUT2D eigenvalue weighted by Crippen LogP contribution is 2.24. The molecule has 0 aromatic heterocycles. The quantitative estimate of drug-likeness (QED) is 0.767. The van der Waals surface area contributed by atoms with Crippen LogP contribution in [0.3, 0.4) is 0 Å². The molecule has 2 N–H and O–H groups in total. The minimum absolute atomic E-state index is 0.0729. The van der Waals surface area contributed by atoms with Crippen molar-refractivity contribution in [2.45, 2.75) is 20.0 Å². The number of amides is 1. The Morgan fingerprint density at radius 2 is 2.00 bits per heavy atom. The molecule has 0 atom stereocenters. The van der Waals surface area contributed by atoms with E-state index in [4.69, 9.17) is 4.74 Å². The molecule has 1 amide bonds. The molecule has 24 heavy (non-hydrogen) atoms. The van der Waals surface area contributed by atoms with Crippen LogP contribution in [-0.4, -0.2) is 17.0 Å². The molecule has 0 fully saturated rings. The predicted octanol–water partition coefficient (Wildman–Crippen LogP) is 4.21. The van der Waals surface area contributed by atoms with Gasteiger partial charge in [-0.3, -0.25) is 4.79 Å². The van der Waals surface area contributed by atoms with Gasteiger partial charge in [0.05, 0.1) is 15.7 Å². The van der Waals surface area contributed by atoms with Gasteiger partial charge in [-0.05, 0) is 51.8 Å². The van der Waals surface area contributed by atoms with E-state index in [2.05, 4.69) is 21.2 Å². The fraction of sp³-hybridized carbons (Fsp3) is 0.176. The van der Waals surface area contributed by atoms with Crippen LogP contribution in [0.25, 0.3) is 0 Å². The Morgan fingerprint density at radius 3 is 2.62 bits per heavy atom. The van der Waals surface area contributed by atoms with E-state index in [1.54, 1.807) is 25.1 Å². The Balaban J connectivity index is 2.15. The van der Waals surface area contributed by atoms with Gasteiger partial charge >= 0.3 is 5.97 Å². The Hall–Kier alpha value is -2.41. The van der Waals surface area contributed by atoms with Gasteiger partial charge < -0.3 is 15.2 Å². The highest BCUT2D eigenvalue weighted by atomic mass is 79.9. The number of aromatic carboxylic acids is 1. The van der Waals surface area contributed by atoms with Crippen molar-refractivity contribution in [3.8, 4) is 5.75 Å². The Bertz CT molecular complexity index is 779. The number of nitrogens with one attached hydrogen (secondary N) is 1. The van der Waals surface area contributed by atoms with Gasteiger partial charge in [0, 0.05) is 6.42 Å². The highest BCUT2D eigenvalue weighted by molar-refractivity contribution is 9.10. The lowest BCUT2D eigenvalue weighted by Crippen LogP contribution is -2.13. The van der Waals surface area contributed by atoms with E-state index in [0.29, 0.717) is 15.8 Å². The summed E-state index contributed by atoms with van der Waals surface area (Å²) in [6.45, 7) is 1.76. The smallest absolute Gasteiger partial charge is 0.337 e. The molecule has 0 saturated heterocycles. The maximum atomic E-state index is 13.5. The van der Waals surface area contributed by atoms with E-state index >= 15 is 0 Å². The standard InChI is InChI=1S/C17H15BrFNO4/c1-2-16(21)20-15-6-4-11(8-12(15)17(22)23)24-9-10-3-5-13(18)14(19)7-10/h3-8H,2,9H2,1H3,(H,20,21)(H,22,23). The van der Waals surface area contributed by atoms with Gasteiger partial charge in [-0.2, -0.15) is 0 Å². The van der Waals surface area contributed by atoms with E-state index in [9.17, 15) is 19.1 Å². The molecule has 0 unspecified atom stereocenters. The maximum Gasteiger partial charge on any atom is 0.337 e. The van der Waals surface area contributed by atoms with Gasteiger partial charge in [-0.15, -0.1) is 0 Å². The average Bonchev–Trinajstić information content (AvgIpc) is 2.56. The van der Waals surface area contributed by atoms with Gasteiger partial charge in [0.2, 0.25) is 5.91 Å². The third-order valence-electron chi connectivity index (χ3n) is 3.21. The van der Waals surface area contributed by atoms with Crippen molar-refractivity contribution in [3.05, 3.63) is 57.8 Å². The van der Waals surface area contributed by atoms with Crippen LogP contribution in [0.2, 0.25) is 0 Å². The van der Waals surface area contributed by atoms with Crippen molar-refractivity contribution < 1.29 is 23.8 Å². The summed E-state index contributed by atoms with van der Waals surface area (Å²) < 4.78 is 19.3. The molecule has 0 radical (unpaired) electrons. The predicted molar refractivity (Wildman–Crippen MR) is 90.8 cm³/mol. The van der Waals surface area contributed by atoms with Crippen LogP contribution in [-0.2, 0) is 11.4 Å². The molecule has 126 valence electrons. The molecule has 0 bridgehead atoms. The number of rotatable bonds is 6. The molecule has 7 heteroatoms. The summed E-state index contributed by atoms with van der Waals surface area (Å²) in [5, 5.41) is 11.8. The first-order valence-electron chi connectivity index (χ1n) is 7.14. The van der Waals surface area contributed by atoms with Crippen molar-refractivity contribution in [1.29, 1.82) is 0 Å². The Morgan fingerprint density at radius 1 is 1.25 bits per heavy atom. The zero-order valence-electron chi connectivity index (χ0n) is 12.8. The second-order valence-electron chi connectivity index (χ2n) is 4.95. The zero-order valence-corrected chi connectivity index (χ0v) is 14.4. The van der Waals surface area contributed by atoms with Crippen molar-refractivity contribution in [3.63, 3.8) is 0 Å². The fourth-order valence-electron chi connectivity index (χ4n) is 1.93. The van der Waals surface area contributed by atoms with E-state index in [0.717, 1.165) is 0 Å². The molecule has 2 rings (SSSR count). The monoisotopic (exact) mass is 395 g/mol. The molecular weight excluding hydrogens is 381 g/mol. The van der Waals surface area contributed by atoms with Gasteiger partial charge in [-0.1, -0.05) is 13.0 Å². The average molecular weight is 396 g/mol. The first kappa shape index (κ1) is 17.9. The third kappa shape index (κ3) is 4.55. The second-order valence-corrected chi connectivity index (χ2v) is 5.81. The van der Waals surface area contributed by atoms with E-state index in [1.807, 2.05) is 0 Å². The lowest BCUT2D eigenvalue weighted by molar-refractivity contribution is -0.115. The molecular formula is C17H15BrFNO4. The lowest BCUT2D eigenvalue weighted by Gasteiger charge is -2.11. The zero-order chi connectivity index (χ0) is 17.7. The van der Waals surface area contributed by atoms with Crippen LogP contribution in [0, 0.1) is 5.82 Å². The van der Waals surface area contributed by atoms with Crippen LogP contribution in [0.5, 0.6) is 5.75 Å². The first-order chi connectivity index (χ1) is 11.4. The molecule has 0 aliphatic carbocycles. The number of halogens is 2. The highest BCUT2D eigenvalue weighted by Gasteiger charge is 2.13. The number of anilines is 1. The molecule has 2 aromatic rings. The maximum absolute atomic E-state index is 13.5. The van der Waals surface area contributed by atoms with Crippen LogP contribution < -0.4 is 10.1 Å². The first-order valence-corrected chi connectivity index (χ1v) is 7.94. The summed E-state index contributed by atoms with van der Waals surface area (Å²) in [6, 6.07) is 8.93. The number of benzene rings is 2. The number of hydrogen-bond acceptors (Lipinski definition) is 3. The summed E-state index contributed by atoms with van der Waals surface area (Å²) >= 11 is 3.07. The van der Waals surface area contributed by atoms with Crippen LogP contribution >= 0.6 is 15.9 Å². The van der Waals surface area contributed by atoms with E-state index in [-0.39, 0.29) is 30.2 Å². The van der Waals surface area contributed by atoms with Gasteiger partial charge in [0.1, 0.15) is 18.2 Å².